The summed E-state index contributed by atoms with van der Waals surface area (Å²) in [6, 6.07) is 0. The van der Waals surface area contributed by atoms with Crippen LogP contribution in [0.3, 0.4) is 0 Å². The first-order valence-electron chi connectivity index (χ1n) is 4.16. The van der Waals surface area contributed by atoms with E-state index in [1.807, 2.05) is 0 Å². The van der Waals surface area contributed by atoms with Crippen LogP contribution in [-0.2, 0) is 4.79 Å². The van der Waals surface area contributed by atoms with Crippen LogP contribution in [0.5, 0.6) is 0 Å². The fourth-order valence-electron chi connectivity index (χ4n) is 1.45. The topological polar surface area (TPSA) is 37.3 Å². The molecule has 0 aromatic rings. The van der Waals surface area contributed by atoms with Crippen molar-refractivity contribution in [3.63, 3.8) is 0 Å². The van der Waals surface area contributed by atoms with Crippen LogP contribution in [-0.4, -0.2) is 11.1 Å². The Morgan fingerprint density at radius 2 is 2.09 bits per heavy atom. The molecule has 0 spiro atoms. The lowest BCUT2D eigenvalue weighted by atomic mass is 10.00. The number of hydrogen-bond donors (Lipinski definition) is 1. The van der Waals surface area contributed by atoms with Crippen molar-refractivity contribution >= 4 is 5.97 Å². The van der Waals surface area contributed by atoms with Gasteiger partial charge in [0.05, 0.1) is 0 Å². The standard InChI is InChI=1S/C9H14O2/c10-9(11)7-3-6-8-4-1-2-5-8/h1-2,8H,3-7H2,(H,10,11). The number of carbonyl (C=O) groups is 1. The Balaban J connectivity index is 1.99. The van der Waals surface area contributed by atoms with Gasteiger partial charge in [-0.25, -0.2) is 0 Å². The maximum absolute atomic E-state index is 10.2. The summed E-state index contributed by atoms with van der Waals surface area (Å²) in [6.45, 7) is 0. The van der Waals surface area contributed by atoms with Crippen LogP contribution >= 0.6 is 0 Å². The van der Waals surface area contributed by atoms with Crippen molar-refractivity contribution in [2.24, 2.45) is 5.92 Å². The Kier molecular flexibility index (Phi) is 3.14. The monoisotopic (exact) mass is 154 g/mol. The van der Waals surface area contributed by atoms with E-state index in [0.29, 0.717) is 6.42 Å². The van der Waals surface area contributed by atoms with E-state index in [1.165, 1.54) is 0 Å². The summed E-state index contributed by atoms with van der Waals surface area (Å²) in [4.78, 5) is 10.2. The van der Waals surface area contributed by atoms with E-state index in [4.69, 9.17) is 5.11 Å². The van der Waals surface area contributed by atoms with Crippen LogP contribution in [0, 0.1) is 5.92 Å². The molecule has 1 aliphatic rings. The van der Waals surface area contributed by atoms with E-state index in [0.717, 1.165) is 31.6 Å². The molecule has 0 aromatic heterocycles. The highest BCUT2D eigenvalue weighted by atomic mass is 16.4. The van der Waals surface area contributed by atoms with Crippen LogP contribution in [0.4, 0.5) is 0 Å². The largest absolute Gasteiger partial charge is 0.481 e. The van der Waals surface area contributed by atoms with Crippen molar-refractivity contribution in [3.05, 3.63) is 12.2 Å². The van der Waals surface area contributed by atoms with Crippen LogP contribution in [0.15, 0.2) is 12.2 Å². The van der Waals surface area contributed by atoms with Gasteiger partial charge in [-0.15, -0.1) is 0 Å². The molecule has 0 fully saturated rings. The fraction of sp³-hybridized carbons (Fsp3) is 0.667. The molecule has 0 saturated carbocycles. The smallest absolute Gasteiger partial charge is 0.303 e. The Bertz CT molecular complexity index is 153. The number of aliphatic carboxylic acids is 1. The maximum Gasteiger partial charge on any atom is 0.303 e. The van der Waals surface area contributed by atoms with Gasteiger partial charge in [0.2, 0.25) is 0 Å². The van der Waals surface area contributed by atoms with Crippen molar-refractivity contribution < 1.29 is 9.90 Å². The average Bonchev–Trinajstić information content (AvgIpc) is 2.39. The summed E-state index contributed by atoms with van der Waals surface area (Å²) in [5.74, 6) is 0.0605. The second kappa shape index (κ2) is 4.16. The Hall–Kier alpha value is -0.790. The number of allylic oxidation sites excluding steroid dienone is 2. The maximum atomic E-state index is 10.2. The highest BCUT2D eigenvalue weighted by molar-refractivity contribution is 5.66. The zero-order chi connectivity index (χ0) is 8.10. The summed E-state index contributed by atoms with van der Waals surface area (Å²) < 4.78 is 0. The van der Waals surface area contributed by atoms with Gasteiger partial charge in [0.1, 0.15) is 0 Å². The second-order valence-corrected chi connectivity index (χ2v) is 3.09. The molecule has 2 nitrogen and oxygen atoms in total. The van der Waals surface area contributed by atoms with E-state index < -0.39 is 5.97 Å². The second-order valence-electron chi connectivity index (χ2n) is 3.09. The third-order valence-corrected chi connectivity index (χ3v) is 2.11. The highest BCUT2D eigenvalue weighted by Crippen LogP contribution is 2.22. The molecule has 11 heavy (non-hydrogen) atoms. The predicted molar refractivity (Wildman–Crippen MR) is 43.4 cm³/mol. The van der Waals surface area contributed by atoms with Gasteiger partial charge in [0, 0.05) is 6.42 Å². The molecule has 1 aliphatic carbocycles. The van der Waals surface area contributed by atoms with Crippen LogP contribution in [0.1, 0.15) is 32.1 Å². The third kappa shape index (κ3) is 3.21. The minimum atomic E-state index is -0.670. The van der Waals surface area contributed by atoms with Gasteiger partial charge in [-0.2, -0.15) is 0 Å². The Morgan fingerprint density at radius 1 is 1.45 bits per heavy atom. The summed E-state index contributed by atoms with van der Waals surface area (Å²) in [6.07, 6.45) is 8.91. The lowest BCUT2D eigenvalue weighted by molar-refractivity contribution is -0.137. The fourth-order valence-corrected chi connectivity index (χ4v) is 1.45. The van der Waals surface area contributed by atoms with E-state index in [1.54, 1.807) is 0 Å². The average molecular weight is 154 g/mol. The number of carboxylic acids is 1. The van der Waals surface area contributed by atoms with Crippen molar-refractivity contribution in [1.29, 1.82) is 0 Å². The van der Waals surface area contributed by atoms with Crippen LogP contribution in [0.25, 0.3) is 0 Å². The molecule has 0 aromatic carbocycles. The van der Waals surface area contributed by atoms with Crippen molar-refractivity contribution in [2.75, 3.05) is 0 Å². The first-order chi connectivity index (χ1) is 5.29. The van der Waals surface area contributed by atoms with Gasteiger partial charge < -0.3 is 5.11 Å². The van der Waals surface area contributed by atoms with Crippen molar-refractivity contribution in [2.45, 2.75) is 32.1 Å². The summed E-state index contributed by atoms with van der Waals surface area (Å²) >= 11 is 0. The molecule has 0 atom stereocenters. The summed E-state index contributed by atoms with van der Waals surface area (Å²) in [5, 5.41) is 8.37. The Morgan fingerprint density at radius 3 is 2.64 bits per heavy atom. The third-order valence-electron chi connectivity index (χ3n) is 2.11. The van der Waals surface area contributed by atoms with Crippen LogP contribution in [0.2, 0.25) is 0 Å². The first-order valence-corrected chi connectivity index (χ1v) is 4.16. The van der Waals surface area contributed by atoms with Gasteiger partial charge in [0.15, 0.2) is 0 Å². The number of hydrogen-bond acceptors (Lipinski definition) is 1. The van der Waals surface area contributed by atoms with Gasteiger partial charge in [-0.05, 0) is 31.6 Å². The van der Waals surface area contributed by atoms with E-state index in [9.17, 15) is 4.79 Å². The van der Waals surface area contributed by atoms with E-state index in [2.05, 4.69) is 12.2 Å². The zero-order valence-electron chi connectivity index (χ0n) is 6.62. The molecule has 0 aliphatic heterocycles. The molecular weight excluding hydrogens is 140 g/mol. The van der Waals surface area contributed by atoms with E-state index in [-0.39, 0.29) is 0 Å². The lowest BCUT2D eigenvalue weighted by Gasteiger charge is -2.05. The summed E-state index contributed by atoms with van der Waals surface area (Å²) in [7, 11) is 0. The van der Waals surface area contributed by atoms with E-state index >= 15 is 0 Å². The lowest BCUT2D eigenvalue weighted by Crippen LogP contribution is -1.98. The zero-order valence-corrected chi connectivity index (χ0v) is 6.62. The van der Waals surface area contributed by atoms with Crippen molar-refractivity contribution in [1.82, 2.24) is 0 Å². The van der Waals surface area contributed by atoms with Gasteiger partial charge in [0.25, 0.3) is 0 Å². The van der Waals surface area contributed by atoms with Crippen molar-refractivity contribution in [3.8, 4) is 0 Å². The molecule has 0 heterocycles. The van der Waals surface area contributed by atoms with Gasteiger partial charge in [-0.3, -0.25) is 4.79 Å². The quantitative estimate of drug-likeness (QED) is 0.630. The molecule has 0 saturated heterocycles. The summed E-state index contributed by atoms with van der Waals surface area (Å²) in [5.41, 5.74) is 0. The van der Waals surface area contributed by atoms with Gasteiger partial charge >= 0.3 is 5.97 Å². The molecular formula is C9H14O2. The molecule has 0 radical (unpaired) electrons. The molecule has 0 unspecified atom stereocenters. The molecule has 1 N–H and O–H groups in total. The molecule has 2 heteroatoms. The highest BCUT2D eigenvalue weighted by Gasteiger charge is 2.09. The predicted octanol–water partition coefficient (Wildman–Crippen LogP) is 2.21. The van der Waals surface area contributed by atoms with Crippen LogP contribution < -0.4 is 0 Å². The molecule has 0 amide bonds. The Labute approximate surface area is 66.9 Å². The van der Waals surface area contributed by atoms with Gasteiger partial charge in [-0.1, -0.05) is 12.2 Å². The minimum Gasteiger partial charge on any atom is -0.481 e. The molecule has 62 valence electrons. The first kappa shape index (κ1) is 8.31. The SMILES string of the molecule is O=C(O)CCCC1CC=CC1. The minimum absolute atomic E-state index is 0.330. The molecule has 1 rings (SSSR count). The number of carboxylic acid groups (broad SMARTS) is 1. The number of rotatable bonds is 4. The molecule has 0 bridgehead atoms. The normalized spacial score (nSPS) is 17.5.